The Hall–Kier alpha value is -0.0800. The summed E-state index contributed by atoms with van der Waals surface area (Å²) in [6.07, 6.45) is 9.95. The van der Waals surface area contributed by atoms with Gasteiger partial charge in [0.15, 0.2) is 0 Å². The average Bonchev–Trinajstić information content (AvgIpc) is 2.59. The zero-order valence-electron chi connectivity index (χ0n) is 11.0. The van der Waals surface area contributed by atoms with E-state index in [2.05, 4.69) is 16.7 Å². The fourth-order valence-corrected chi connectivity index (χ4v) is 3.28. The first-order valence-corrected chi connectivity index (χ1v) is 7.36. The summed E-state index contributed by atoms with van der Waals surface area (Å²) in [5.74, 6) is 0. The number of rotatable bonds is 3. The second kappa shape index (κ2) is 6.61. The van der Waals surface area contributed by atoms with Crippen LogP contribution in [-0.2, 0) is 0 Å². The first kappa shape index (κ1) is 12.4. The molecule has 0 aliphatic carbocycles. The second-order valence-electron chi connectivity index (χ2n) is 5.52. The molecule has 2 aliphatic heterocycles. The largest absolute Gasteiger partial charge is 0.303 e. The predicted octanol–water partition coefficient (Wildman–Crippen LogP) is 2.74. The summed E-state index contributed by atoms with van der Waals surface area (Å²) in [5.41, 5.74) is 0. The number of hydrogen-bond acceptors (Lipinski definition) is 2. The highest BCUT2D eigenvalue weighted by atomic mass is 15.2. The van der Waals surface area contributed by atoms with E-state index in [0.717, 1.165) is 6.04 Å². The summed E-state index contributed by atoms with van der Waals surface area (Å²) in [6, 6.07) is 0.909. The highest BCUT2D eigenvalue weighted by Crippen LogP contribution is 2.20. The quantitative estimate of drug-likeness (QED) is 0.727. The van der Waals surface area contributed by atoms with Crippen LogP contribution in [0.2, 0.25) is 0 Å². The molecule has 2 aliphatic rings. The smallest absolute Gasteiger partial charge is 0.0120 e. The van der Waals surface area contributed by atoms with Crippen molar-refractivity contribution in [2.24, 2.45) is 0 Å². The van der Waals surface area contributed by atoms with Crippen molar-refractivity contribution in [1.29, 1.82) is 0 Å². The zero-order valence-corrected chi connectivity index (χ0v) is 11.0. The number of hydrogen-bond donors (Lipinski definition) is 0. The standard InChI is InChI=1S/C14H28N2/c1-2-9-15-12-7-14(8-13-15)16-10-5-3-4-6-11-16/h14H,2-13H2,1H3. The van der Waals surface area contributed by atoms with Crippen LogP contribution in [0.25, 0.3) is 0 Å². The third-order valence-corrected chi connectivity index (χ3v) is 4.25. The van der Waals surface area contributed by atoms with Gasteiger partial charge in [-0.25, -0.2) is 0 Å². The Morgan fingerprint density at radius 1 is 0.875 bits per heavy atom. The van der Waals surface area contributed by atoms with Gasteiger partial charge in [-0.05, 0) is 64.8 Å². The van der Waals surface area contributed by atoms with E-state index in [0.29, 0.717) is 0 Å². The molecule has 0 saturated carbocycles. The second-order valence-corrected chi connectivity index (χ2v) is 5.52. The molecule has 2 heterocycles. The van der Waals surface area contributed by atoms with E-state index < -0.39 is 0 Å². The normalized spacial score (nSPS) is 26.8. The molecule has 0 amide bonds. The van der Waals surface area contributed by atoms with Crippen molar-refractivity contribution in [2.45, 2.75) is 57.9 Å². The third kappa shape index (κ3) is 3.46. The van der Waals surface area contributed by atoms with Crippen molar-refractivity contribution in [3.05, 3.63) is 0 Å². The predicted molar refractivity (Wildman–Crippen MR) is 69.8 cm³/mol. The molecular formula is C14H28N2. The van der Waals surface area contributed by atoms with Crippen LogP contribution in [-0.4, -0.2) is 48.6 Å². The topological polar surface area (TPSA) is 6.48 Å². The lowest BCUT2D eigenvalue weighted by molar-refractivity contribution is 0.111. The maximum Gasteiger partial charge on any atom is 0.0120 e. The van der Waals surface area contributed by atoms with Gasteiger partial charge >= 0.3 is 0 Å². The molecule has 0 spiro atoms. The molecule has 0 atom stereocenters. The lowest BCUT2D eigenvalue weighted by atomic mass is 10.0. The van der Waals surface area contributed by atoms with Crippen LogP contribution in [0.4, 0.5) is 0 Å². The van der Waals surface area contributed by atoms with Crippen LogP contribution in [0.3, 0.4) is 0 Å². The first-order valence-electron chi connectivity index (χ1n) is 7.36. The Labute approximate surface area is 101 Å². The van der Waals surface area contributed by atoms with Gasteiger partial charge in [-0.15, -0.1) is 0 Å². The maximum atomic E-state index is 2.79. The molecule has 0 aromatic heterocycles. The van der Waals surface area contributed by atoms with E-state index in [1.54, 1.807) is 0 Å². The van der Waals surface area contributed by atoms with Gasteiger partial charge in [-0.1, -0.05) is 19.8 Å². The van der Waals surface area contributed by atoms with Gasteiger partial charge in [-0.3, -0.25) is 0 Å². The molecule has 0 N–H and O–H groups in total. The zero-order chi connectivity index (χ0) is 11.2. The highest BCUT2D eigenvalue weighted by Gasteiger charge is 2.24. The lowest BCUT2D eigenvalue weighted by Gasteiger charge is -2.38. The Kier molecular flexibility index (Phi) is 5.11. The number of piperidine rings is 1. The van der Waals surface area contributed by atoms with Crippen molar-refractivity contribution in [2.75, 3.05) is 32.7 Å². The molecule has 0 bridgehead atoms. The van der Waals surface area contributed by atoms with E-state index >= 15 is 0 Å². The SMILES string of the molecule is CCCN1CCC(N2CCCCCC2)CC1. The molecule has 0 radical (unpaired) electrons. The Morgan fingerprint density at radius 3 is 2.06 bits per heavy atom. The Balaban J connectivity index is 1.74. The third-order valence-electron chi connectivity index (χ3n) is 4.25. The van der Waals surface area contributed by atoms with Gasteiger partial charge in [0.2, 0.25) is 0 Å². The van der Waals surface area contributed by atoms with E-state index in [1.165, 1.54) is 77.7 Å². The van der Waals surface area contributed by atoms with Crippen LogP contribution in [0.1, 0.15) is 51.9 Å². The van der Waals surface area contributed by atoms with Gasteiger partial charge in [0, 0.05) is 6.04 Å². The Bertz CT molecular complexity index is 177. The summed E-state index contributed by atoms with van der Waals surface area (Å²) in [6.45, 7) is 9.04. The van der Waals surface area contributed by atoms with E-state index in [9.17, 15) is 0 Å². The van der Waals surface area contributed by atoms with Crippen molar-refractivity contribution < 1.29 is 0 Å². The van der Waals surface area contributed by atoms with Crippen LogP contribution < -0.4 is 0 Å². The summed E-state index contributed by atoms with van der Waals surface area (Å²) in [7, 11) is 0. The lowest BCUT2D eigenvalue weighted by Crippen LogP contribution is -2.45. The summed E-state index contributed by atoms with van der Waals surface area (Å²) < 4.78 is 0. The monoisotopic (exact) mass is 224 g/mol. The van der Waals surface area contributed by atoms with E-state index in [4.69, 9.17) is 0 Å². The molecule has 0 aromatic carbocycles. The van der Waals surface area contributed by atoms with E-state index in [1.807, 2.05) is 0 Å². The van der Waals surface area contributed by atoms with Crippen LogP contribution >= 0.6 is 0 Å². The molecule has 2 rings (SSSR count). The fourth-order valence-electron chi connectivity index (χ4n) is 3.28. The van der Waals surface area contributed by atoms with Crippen molar-refractivity contribution in [3.63, 3.8) is 0 Å². The molecule has 2 nitrogen and oxygen atoms in total. The molecule has 0 unspecified atom stereocenters. The minimum atomic E-state index is 0.909. The van der Waals surface area contributed by atoms with Crippen molar-refractivity contribution in [3.8, 4) is 0 Å². The van der Waals surface area contributed by atoms with Crippen LogP contribution in [0.15, 0.2) is 0 Å². The minimum absolute atomic E-state index is 0.909. The maximum absolute atomic E-state index is 2.79. The van der Waals surface area contributed by atoms with Gasteiger partial charge < -0.3 is 9.80 Å². The van der Waals surface area contributed by atoms with E-state index in [-0.39, 0.29) is 0 Å². The van der Waals surface area contributed by atoms with Crippen LogP contribution in [0.5, 0.6) is 0 Å². The molecule has 0 aromatic rings. The minimum Gasteiger partial charge on any atom is -0.303 e. The van der Waals surface area contributed by atoms with Crippen molar-refractivity contribution in [1.82, 2.24) is 9.80 Å². The summed E-state index contributed by atoms with van der Waals surface area (Å²) >= 11 is 0. The van der Waals surface area contributed by atoms with Gasteiger partial charge in [-0.2, -0.15) is 0 Å². The van der Waals surface area contributed by atoms with Crippen molar-refractivity contribution >= 4 is 0 Å². The first-order chi connectivity index (χ1) is 7.90. The highest BCUT2D eigenvalue weighted by molar-refractivity contribution is 4.80. The molecule has 2 heteroatoms. The molecular weight excluding hydrogens is 196 g/mol. The number of likely N-dealkylation sites (tertiary alicyclic amines) is 2. The molecule has 2 fully saturated rings. The molecule has 16 heavy (non-hydrogen) atoms. The van der Waals surface area contributed by atoms with Gasteiger partial charge in [0.1, 0.15) is 0 Å². The molecule has 94 valence electrons. The van der Waals surface area contributed by atoms with Crippen LogP contribution in [0, 0.1) is 0 Å². The summed E-state index contributed by atoms with van der Waals surface area (Å²) in [4.78, 5) is 5.44. The van der Waals surface area contributed by atoms with Gasteiger partial charge in [0.05, 0.1) is 0 Å². The summed E-state index contributed by atoms with van der Waals surface area (Å²) in [5, 5.41) is 0. The molecule has 2 saturated heterocycles. The number of nitrogens with zero attached hydrogens (tertiary/aromatic N) is 2. The average molecular weight is 224 g/mol. The van der Waals surface area contributed by atoms with Gasteiger partial charge in [0.25, 0.3) is 0 Å². The fraction of sp³-hybridized carbons (Fsp3) is 1.00. The Morgan fingerprint density at radius 2 is 1.50 bits per heavy atom.